The Bertz CT molecular complexity index is 260. The Labute approximate surface area is 111 Å². The molecule has 2 N–H and O–H groups in total. The van der Waals surface area contributed by atoms with Crippen LogP contribution in [-0.4, -0.2) is 39.3 Å². The van der Waals surface area contributed by atoms with Crippen molar-refractivity contribution in [3.63, 3.8) is 0 Å². The largest absolute Gasteiger partial charge is 0.381 e. The molecule has 0 aromatic heterocycles. The van der Waals surface area contributed by atoms with E-state index in [1.165, 1.54) is 12.8 Å². The first-order valence-corrected chi connectivity index (χ1v) is 7.00. The standard InChI is InChI=1S/C14H27N3O/c1-3-4-5-9-16-14(15-2)17-10-6-11-18-12-13-7-8-13/h3-4,13H,5-12H2,1-2H3,(H2,15,16,17). The van der Waals surface area contributed by atoms with Crippen LogP contribution in [0.4, 0.5) is 0 Å². The van der Waals surface area contributed by atoms with E-state index in [2.05, 4.69) is 27.8 Å². The van der Waals surface area contributed by atoms with Gasteiger partial charge in [0.25, 0.3) is 0 Å². The maximum Gasteiger partial charge on any atom is 0.190 e. The molecule has 1 aliphatic rings. The summed E-state index contributed by atoms with van der Waals surface area (Å²) in [6.07, 6.45) is 8.99. The van der Waals surface area contributed by atoms with Crippen LogP contribution in [-0.2, 0) is 4.74 Å². The molecule has 0 atom stereocenters. The molecule has 0 aromatic carbocycles. The number of hydrogen-bond acceptors (Lipinski definition) is 2. The molecule has 0 amide bonds. The van der Waals surface area contributed by atoms with Crippen LogP contribution in [0.1, 0.15) is 32.6 Å². The average Bonchev–Trinajstić information content (AvgIpc) is 3.20. The maximum absolute atomic E-state index is 5.58. The van der Waals surface area contributed by atoms with E-state index in [9.17, 15) is 0 Å². The van der Waals surface area contributed by atoms with Gasteiger partial charge in [-0.3, -0.25) is 4.99 Å². The molecule has 0 unspecified atom stereocenters. The summed E-state index contributed by atoms with van der Waals surface area (Å²) in [5.41, 5.74) is 0. The second-order valence-electron chi connectivity index (χ2n) is 4.66. The van der Waals surface area contributed by atoms with Crippen molar-refractivity contribution in [1.29, 1.82) is 0 Å². The van der Waals surface area contributed by atoms with E-state index in [1.54, 1.807) is 7.05 Å². The molecule has 0 heterocycles. The minimum absolute atomic E-state index is 0.846. The van der Waals surface area contributed by atoms with E-state index in [1.807, 2.05) is 6.92 Å². The summed E-state index contributed by atoms with van der Waals surface area (Å²) in [7, 11) is 1.80. The highest BCUT2D eigenvalue weighted by Gasteiger charge is 2.20. The zero-order chi connectivity index (χ0) is 13.1. The molecule has 104 valence electrons. The lowest BCUT2D eigenvalue weighted by atomic mass is 10.4. The van der Waals surface area contributed by atoms with Gasteiger partial charge in [-0.1, -0.05) is 12.2 Å². The Morgan fingerprint density at radius 2 is 2.11 bits per heavy atom. The van der Waals surface area contributed by atoms with E-state index < -0.39 is 0 Å². The van der Waals surface area contributed by atoms with Gasteiger partial charge in [-0.25, -0.2) is 0 Å². The van der Waals surface area contributed by atoms with Crippen molar-refractivity contribution < 1.29 is 4.74 Å². The van der Waals surface area contributed by atoms with Crippen molar-refractivity contribution in [3.8, 4) is 0 Å². The minimum atomic E-state index is 0.846. The van der Waals surface area contributed by atoms with E-state index in [0.29, 0.717) is 0 Å². The third kappa shape index (κ3) is 8.12. The first-order valence-electron chi connectivity index (χ1n) is 7.00. The summed E-state index contributed by atoms with van der Waals surface area (Å²) in [5.74, 6) is 1.74. The van der Waals surface area contributed by atoms with Crippen LogP contribution in [0.5, 0.6) is 0 Å². The van der Waals surface area contributed by atoms with Crippen molar-refractivity contribution >= 4 is 5.96 Å². The fraction of sp³-hybridized carbons (Fsp3) is 0.786. The quantitative estimate of drug-likeness (QED) is 0.286. The third-order valence-electron chi connectivity index (χ3n) is 2.87. The van der Waals surface area contributed by atoms with Gasteiger partial charge in [0.15, 0.2) is 5.96 Å². The highest BCUT2D eigenvalue weighted by atomic mass is 16.5. The zero-order valence-corrected chi connectivity index (χ0v) is 11.7. The van der Waals surface area contributed by atoms with Crippen LogP contribution in [0.2, 0.25) is 0 Å². The van der Waals surface area contributed by atoms with Crippen LogP contribution in [0.25, 0.3) is 0 Å². The molecule has 1 rings (SSSR count). The molecule has 0 aromatic rings. The maximum atomic E-state index is 5.58. The molecular formula is C14H27N3O. The number of aliphatic imine (C=N–C) groups is 1. The fourth-order valence-corrected chi connectivity index (χ4v) is 1.58. The molecule has 0 saturated heterocycles. The van der Waals surface area contributed by atoms with Crippen LogP contribution in [0.15, 0.2) is 17.1 Å². The van der Waals surface area contributed by atoms with E-state index in [0.717, 1.165) is 51.0 Å². The number of nitrogens with zero attached hydrogens (tertiary/aromatic N) is 1. The lowest BCUT2D eigenvalue weighted by molar-refractivity contribution is 0.123. The SMILES string of the molecule is CC=CCCNC(=NC)NCCCOCC1CC1. The molecule has 1 saturated carbocycles. The van der Waals surface area contributed by atoms with Gasteiger partial charge in [0, 0.05) is 33.4 Å². The van der Waals surface area contributed by atoms with Crippen LogP contribution in [0.3, 0.4) is 0 Å². The van der Waals surface area contributed by atoms with Crippen molar-refractivity contribution in [2.75, 3.05) is 33.4 Å². The minimum Gasteiger partial charge on any atom is -0.381 e. The van der Waals surface area contributed by atoms with Crippen LogP contribution < -0.4 is 10.6 Å². The molecule has 0 radical (unpaired) electrons. The Morgan fingerprint density at radius 3 is 2.78 bits per heavy atom. The Morgan fingerprint density at radius 1 is 1.33 bits per heavy atom. The topological polar surface area (TPSA) is 45.7 Å². The summed E-state index contributed by atoms with van der Waals surface area (Å²) in [6.45, 7) is 5.67. The molecule has 4 nitrogen and oxygen atoms in total. The molecule has 1 fully saturated rings. The number of hydrogen-bond donors (Lipinski definition) is 2. The smallest absolute Gasteiger partial charge is 0.190 e. The van der Waals surface area contributed by atoms with Crippen molar-refractivity contribution in [2.24, 2.45) is 10.9 Å². The van der Waals surface area contributed by atoms with Gasteiger partial charge in [-0.15, -0.1) is 0 Å². The second kappa shape index (κ2) is 9.95. The Kier molecular flexibility index (Phi) is 8.30. The Hall–Kier alpha value is -1.03. The summed E-state index contributed by atoms with van der Waals surface area (Å²) in [4.78, 5) is 4.17. The van der Waals surface area contributed by atoms with Crippen molar-refractivity contribution in [2.45, 2.75) is 32.6 Å². The predicted molar refractivity (Wildman–Crippen MR) is 77.0 cm³/mol. The average molecular weight is 253 g/mol. The van der Waals surface area contributed by atoms with Crippen LogP contribution >= 0.6 is 0 Å². The number of nitrogens with one attached hydrogen (secondary N) is 2. The highest BCUT2D eigenvalue weighted by molar-refractivity contribution is 5.79. The molecule has 18 heavy (non-hydrogen) atoms. The van der Waals surface area contributed by atoms with E-state index >= 15 is 0 Å². The Balaban J connectivity index is 1.90. The molecule has 0 bridgehead atoms. The zero-order valence-electron chi connectivity index (χ0n) is 11.7. The number of allylic oxidation sites excluding steroid dienone is 1. The summed E-state index contributed by atoms with van der Waals surface area (Å²) >= 11 is 0. The molecule has 1 aliphatic carbocycles. The predicted octanol–water partition coefficient (Wildman–Crippen LogP) is 1.93. The fourth-order valence-electron chi connectivity index (χ4n) is 1.58. The molecule has 0 aliphatic heterocycles. The van der Waals surface area contributed by atoms with E-state index in [-0.39, 0.29) is 0 Å². The summed E-state index contributed by atoms with van der Waals surface area (Å²) in [5, 5.41) is 6.56. The summed E-state index contributed by atoms with van der Waals surface area (Å²) < 4.78 is 5.58. The third-order valence-corrected chi connectivity index (χ3v) is 2.87. The van der Waals surface area contributed by atoms with Gasteiger partial charge in [0.05, 0.1) is 0 Å². The van der Waals surface area contributed by atoms with Crippen LogP contribution in [0, 0.1) is 5.92 Å². The van der Waals surface area contributed by atoms with Gasteiger partial charge in [-0.2, -0.15) is 0 Å². The van der Waals surface area contributed by atoms with Crippen molar-refractivity contribution in [1.82, 2.24) is 10.6 Å². The monoisotopic (exact) mass is 253 g/mol. The lowest BCUT2D eigenvalue weighted by Crippen LogP contribution is -2.38. The van der Waals surface area contributed by atoms with Gasteiger partial charge in [0.1, 0.15) is 0 Å². The molecule has 4 heteroatoms. The summed E-state index contributed by atoms with van der Waals surface area (Å²) in [6, 6.07) is 0. The number of rotatable bonds is 9. The first-order chi connectivity index (χ1) is 8.86. The second-order valence-corrected chi connectivity index (χ2v) is 4.66. The normalized spacial score (nSPS) is 16.2. The molecule has 0 spiro atoms. The van der Waals surface area contributed by atoms with Gasteiger partial charge in [-0.05, 0) is 38.5 Å². The number of ether oxygens (including phenoxy) is 1. The van der Waals surface area contributed by atoms with Gasteiger partial charge in [0.2, 0.25) is 0 Å². The lowest BCUT2D eigenvalue weighted by Gasteiger charge is -2.11. The van der Waals surface area contributed by atoms with E-state index in [4.69, 9.17) is 4.74 Å². The highest BCUT2D eigenvalue weighted by Crippen LogP contribution is 2.28. The number of guanidine groups is 1. The molecular weight excluding hydrogens is 226 g/mol. The van der Waals surface area contributed by atoms with Gasteiger partial charge < -0.3 is 15.4 Å². The first kappa shape index (κ1) is 15.0. The van der Waals surface area contributed by atoms with Gasteiger partial charge >= 0.3 is 0 Å². The van der Waals surface area contributed by atoms with Crippen molar-refractivity contribution in [3.05, 3.63) is 12.2 Å².